The second-order valence-corrected chi connectivity index (χ2v) is 21.3. The molecule has 0 aliphatic heterocycles. The molecule has 0 saturated heterocycles. The van der Waals surface area contributed by atoms with Gasteiger partial charge in [-0.3, -0.25) is 18.6 Å². The number of unbranched alkanes of at least 4 members (excludes halogenated alkanes) is 27. The van der Waals surface area contributed by atoms with Gasteiger partial charge in [0, 0.05) is 19.4 Å². The van der Waals surface area contributed by atoms with E-state index in [1.165, 1.54) is 122 Å². The summed E-state index contributed by atoms with van der Waals surface area (Å²) in [5.41, 5.74) is 5.38. The van der Waals surface area contributed by atoms with E-state index in [9.17, 15) is 19.0 Å². The first kappa shape index (κ1) is 70.9. The van der Waals surface area contributed by atoms with Crippen molar-refractivity contribution in [2.24, 2.45) is 5.73 Å². The van der Waals surface area contributed by atoms with E-state index >= 15 is 0 Å². The lowest BCUT2D eigenvalue weighted by molar-refractivity contribution is -0.161. The predicted octanol–water partition coefficient (Wildman–Crippen LogP) is 19.2. The monoisotopic (exact) mass is 1050 g/mol. The number of rotatable bonds is 56. The molecule has 0 aliphatic carbocycles. The summed E-state index contributed by atoms with van der Waals surface area (Å²) in [6.45, 7) is 3.64. The first-order chi connectivity index (χ1) is 36.3. The minimum atomic E-state index is -4.40. The van der Waals surface area contributed by atoms with Crippen LogP contribution in [0.1, 0.15) is 264 Å². The van der Waals surface area contributed by atoms with Gasteiger partial charge in [-0.1, -0.05) is 272 Å². The number of hydrogen-bond acceptors (Lipinski definition) is 8. The van der Waals surface area contributed by atoms with Crippen LogP contribution in [-0.4, -0.2) is 49.3 Å². The van der Waals surface area contributed by atoms with Gasteiger partial charge in [-0.15, -0.1) is 0 Å². The average Bonchev–Trinajstić information content (AvgIpc) is 3.39. The van der Waals surface area contributed by atoms with Crippen LogP contribution in [0.2, 0.25) is 0 Å². The van der Waals surface area contributed by atoms with Crippen LogP contribution in [0.5, 0.6) is 0 Å². The Morgan fingerprint density at radius 1 is 0.419 bits per heavy atom. The molecule has 0 fully saturated rings. The third-order valence-corrected chi connectivity index (χ3v) is 13.7. The quantitative estimate of drug-likeness (QED) is 0.0264. The zero-order valence-corrected chi connectivity index (χ0v) is 48.4. The maximum atomic E-state index is 12.7. The highest BCUT2D eigenvalue weighted by Gasteiger charge is 2.26. The molecule has 0 amide bonds. The van der Waals surface area contributed by atoms with Crippen molar-refractivity contribution in [3.05, 3.63) is 97.2 Å². The Kier molecular flexibility index (Phi) is 56.7. The molecule has 0 aromatic carbocycles. The van der Waals surface area contributed by atoms with Gasteiger partial charge in [-0.05, 0) is 77.0 Å². The summed E-state index contributed by atoms with van der Waals surface area (Å²) >= 11 is 0. The third kappa shape index (κ3) is 58.2. The van der Waals surface area contributed by atoms with E-state index in [0.29, 0.717) is 6.42 Å². The number of allylic oxidation sites excluding steroid dienone is 16. The topological polar surface area (TPSA) is 134 Å². The predicted molar refractivity (Wildman–Crippen MR) is 316 cm³/mol. The van der Waals surface area contributed by atoms with E-state index in [0.717, 1.165) is 109 Å². The van der Waals surface area contributed by atoms with Gasteiger partial charge in [-0.2, -0.15) is 0 Å². The van der Waals surface area contributed by atoms with E-state index in [-0.39, 0.29) is 38.6 Å². The molecule has 10 heteroatoms. The highest BCUT2D eigenvalue weighted by Crippen LogP contribution is 2.43. The van der Waals surface area contributed by atoms with Crippen molar-refractivity contribution in [1.29, 1.82) is 0 Å². The molecule has 9 nitrogen and oxygen atoms in total. The summed E-state index contributed by atoms with van der Waals surface area (Å²) in [6, 6.07) is 0. The Morgan fingerprint density at radius 2 is 0.743 bits per heavy atom. The number of phosphoric acid groups is 1. The van der Waals surface area contributed by atoms with Crippen LogP contribution in [0.3, 0.4) is 0 Å². The number of phosphoric ester groups is 1. The van der Waals surface area contributed by atoms with Gasteiger partial charge in [0.05, 0.1) is 13.2 Å². The maximum absolute atomic E-state index is 12.7. The maximum Gasteiger partial charge on any atom is 0.472 e. The van der Waals surface area contributed by atoms with E-state index in [2.05, 4.69) is 111 Å². The summed E-state index contributed by atoms with van der Waals surface area (Å²) in [7, 11) is -4.40. The van der Waals surface area contributed by atoms with Crippen LogP contribution >= 0.6 is 7.82 Å². The number of esters is 2. The lowest BCUT2D eigenvalue weighted by Gasteiger charge is -2.19. The standard InChI is InChI=1S/C64H112NO8P/c1-3-5-7-9-11-13-15-17-19-21-23-25-27-28-29-30-31-32-33-34-35-37-39-41-43-45-47-49-51-53-55-57-64(67)73-62(61-72-74(68,69)71-59-58-65)60-70-63(66)56-54-52-50-48-46-44-42-40-38-36-26-24-22-20-18-16-14-12-10-8-6-4-2/h5,7,11,13,17,19,23,25,28-29,31-32,34-35,39,41,62H,3-4,6,8-10,12,14-16,18,20-22,24,26-27,30,33,36-38,40,42-61,65H2,1-2H3,(H,68,69)/b7-5-,13-11-,19-17-,25-23-,29-28-,32-31-,35-34-,41-39-. The fourth-order valence-electron chi connectivity index (χ4n) is 8.30. The zero-order valence-electron chi connectivity index (χ0n) is 47.6. The summed E-state index contributed by atoms with van der Waals surface area (Å²) in [5.74, 6) is -0.841. The van der Waals surface area contributed by atoms with Gasteiger partial charge in [-0.25, -0.2) is 4.57 Å². The summed E-state index contributed by atoms with van der Waals surface area (Å²) in [6.07, 6.45) is 78.9. The van der Waals surface area contributed by atoms with Crippen molar-refractivity contribution in [2.75, 3.05) is 26.4 Å². The number of ether oxygens (including phenoxy) is 2. The zero-order chi connectivity index (χ0) is 53.8. The van der Waals surface area contributed by atoms with Crippen molar-refractivity contribution in [3.8, 4) is 0 Å². The Bertz CT molecular complexity index is 1530. The number of hydrogen-bond donors (Lipinski definition) is 2. The van der Waals surface area contributed by atoms with Gasteiger partial charge < -0.3 is 20.1 Å². The fraction of sp³-hybridized carbons (Fsp3) is 0.719. The normalized spacial score (nSPS) is 13.7. The van der Waals surface area contributed by atoms with E-state index < -0.39 is 26.5 Å². The molecule has 0 heterocycles. The van der Waals surface area contributed by atoms with E-state index in [1.807, 2.05) is 0 Å². The van der Waals surface area contributed by atoms with Crippen LogP contribution in [0.25, 0.3) is 0 Å². The van der Waals surface area contributed by atoms with Crippen LogP contribution in [-0.2, 0) is 32.7 Å². The average molecular weight is 1050 g/mol. The molecule has 0 aromatic rings. The van der Waals surface area contributed by atoms with E-state index in [4.69, 9.17) is 24.3 Å². The Morgan fingerprint density at radius 3 is 1.11 bits per heavy atom. The van der Waals surface area contributed by atoms with Gasteiger partial charge >= 0.3 is 19.8 Å². The van der Waals surface area contributed by atoms with Crippen LogP contribution in [0, 0.1) is 0 Å². The second kappa shape index (κ2) is 59.2. The number of carbonyl (C=O) groups excluding carboxylic acids is 2. The third-order valence-electron chi connectivity index (χ3n) is 12.7. The number of carbonyl (C=O) groups is 2. The van der Waals surface area contributed by atoms with Crippen molar-refractivity contribution in [3.63, 3.8) is 0 Å². The van der Waals surface area contributed by atoms with Gasteiger partial charge in [0.2, 0.25) is 0 Å². The molecule has 3 N–H and O–H groups in total. The molecule has 0 spiro atoms. The number of nitrogens with two attached hydrogens (primary N) is 1. The Hall–Kier alpha value is -3.07. The van der Waals surface area contributed by atoms with Crippen molar-refractivity contribution >= 4 is 19.8 Å². The fourth-order valence-corrected chi connectivity index (χ4v) is 9.07. The molecule has 74 heavy (non-hydrogen) atoms. The highest BCUT2D eigenvalue weighted by molar-refractivity contribution is 7.47. The molecule has 426 valence electrons. The smallest absolute Gasteiger partial charge is 0.462 e. The SMILES string of the molecule is CC/C=C\C/C=C\C/C=C\C/C=C\C/C=C\C/C=C\C/C=C\C/C=C\CCCCCCCCC(=O)OC(COC(=O)CCCCCCCCCCCCCCCCCCCCCCCC)COP(=O)(O)OCCN. The molecular formula is C64H112NO8P. The summed E-state index contributed by atoms with van der Waals surface area (Å²) < 4.78 is 33.1. The molecule has 2 atom stereocenters. The van der Waals surface area contributed by atoms with Crippen molar-refractivity contribution in [1.82, 2.24) is 0 Å². The highest BCUT2D eigenvalue weighted by atomic mass is 31.2. The lowest BCUT2D eigenvalue weighted by Crippen LogP contribution is -2.29. The molecule has 0 aliphatic rings. The molecule has 0 rings (SSSR count). The second-order valence-electron chi connectivity index (χ2n) is 19.8. The minimum absolute atomic E-state index is 0.0473. The molecule has 0 saturated carbocycles. The van der Waals surface area contributed by atoms with Gasteiger partial charge in [0.25, 0.3) is 0 Å². The van der Waals surface area contributed by atoms with Crippen molar-refractivity contribution in [2.45, 2.75) is 270 Å². The van der Waals surface area contributed by atoms with Crippen molar-refractivity contribution < 1.29 is 37.6 Å². The largest absolute Gasteiger partial charge is 0.472 e. The molecule has 2 unspecified atom stereocenters. The molecule has 0 radical (unpaired) electrons. The first-order valence-electron chi connectivity index (χ1n) is 30.2. The summed E-state index contributed by atoms with van der Waals surface area (Å²) in [4.78, 5) is 35.2. The van der Waals surface area contributed by atoms with Crippen LogP contribution < -0.4 is 5.73 Å². The van der Waals surface area contributed by atoms with E-state index in [1.54, 1.807) is 0 Å². The van der Waals surface area contributed by atoms with Crippen LogP contribution in [0.4, 0.5) is 0 Å². The minimum Gasteiger partial charge on any atom is -0.462 e. The Balaban J connectivity index is 4.03. The Labute approximate surface area is 455 Å². The summed E-state index contributed by atoms with van der Waals surface area (Å²) in [5, 5.41) is 0. The van der Waals surface area contributed by atoms with Crippen LogP contribution in [0.15, 0.2) is 97.2 Å². The molecule has 0 aromatic heterocycles. The van der Waals surface area contributed by atoms with Gasteiger partial charge in [0.1, 0.15) is 6.61 Å². The van der Waals surface area contributed by atoms with Gasteiger partial charge in [0.15, 0.2) is 6.10 Å². The molecular weight excluding hydrogens is 942 g/mol. The lowest BCUT2D eigenvalue weighted by atomic mass is 10.0. The molecule has 0 bridgehead atoms. The first-order valence-corrected chi connectivity index (χ1v) is 31.7.